The number of aliphatic carboxylic acids is 1. The van der Waals surface area contributed by atoms with Crippen molar-refractivity contribution in [3.63, 3.8) is 0 Å². The summed E-state index contributed by atoms with van der Waals surface area (Å²) in [7, 11) is 0. The Kier molecular flexibility index (Phi) is 9.97. The molecule has 1 saturated carbocycles. The molecular formula is C31H37Cl2N3O5. The minimum atomic E-state index is -1.54. The van der Waals surface area contributed by atoms with E-state index in [4.69, 9.17) is 23.2 Å². The van der Waals surface area contributed by atoms with Crippen molar-refractivity contribution in [2.75, 3.05) is 13.1 Å². The fourth-order valence-corrected chi connectivity index (χ4v) is 6.58. The Bertz CT molecular complexity index is 1250. The van der Waals surface area contributed by atoms with Gasteiger partial charge in [-0.1, -0.05) is 66.4 Å². The van der Waals surface area contributed by atoms with Gasteiger partial charge in [0.05, 0.1) is 0 Å². The van der Waals surface area contributed by atoms with Crippen LogP contribution in [0.25, 0.3) is 0 Å². The molecule has 220 valence electrons. The molecule has 41 heavy (non-hydrogen) atoms. The van der Waals surface area contributed by atoms with E-state index in [-0.39, 0.29) is 40.8 Å². The second-order valence-electron chi connectivity index (χ2n) is 11.6. The number of halogens is 2. The molecular weight excluding hydrogens is 565 g/mol. The van der Waals surface area contributed by atoms with Crippen LogP contribution in [-0.4, -0.2) is 58.4 Å². The van der Waals surface area contributed by atoms with Crippen LogP contribution in [0.3, 0.4) is 0 Å². The second kappa shape index (κ2) is 13.3. The van der Waals surface area contributed by atoms with Crippen molar-refractivity contribution >= 4 is 46.9 Å². The number of hydrogen-bond donors (Lipinski definition) is 3. The minimum Gasteiger partial charge on any atom is -0.480 e. The van der Waals surface area contributed by atoms with Gasteiger partial charge in [0.25, 0.3) is 5.91 Å². The van der Waals surface area contributed by atoms with E-state index < -0.39 is 29.4 Å². The molecule has 1 heterocycles. The van der Waals surface area contributed by atoms with E-state index in [9.17, 15) is 24.3 Å². The zero-order valence-electron chi connectivity index (χ0n) is 23.3. The lowest BCUT2D eigenvalue weighted by Crippen LogP contribution is -2.55. The summed E-state index contributed by atoms with van der Waals surface area (Å²) in [6.45, 7) is 2.67. The van der Waals surface area contributed by atoms with Crippen LogP contribution in [0.4, 0.5) is 0 Å². The first-order valence-electron chi connectivity index (χ1n) is 14.1. The Morgan fingerprint density at radius 3 is 2.17 bits per heavy atom. The van der Waals surface area contributed by atoms with Crippen molar-refractivity contribution < 1.29 is 24.3 Å². The summed E-state index contributed by atoms with van der Waals surface area (Å²) < 4.78 is 0. The number of rotatable bonds is 10. The van der Waals surface area contributed by atoms with Crippen LogP contribution >= 0.6 is 23.2 Å². The average molecular weight is 603 g/mol. The van der Waals surface area contributed by atoms with Gasteiger partial charge in [0.2, 0.25) is 11.8 Å². The van der Waals surface area contributed by atoms with Gasteiger partial charge in [0.15, 0.2) is 0 Å². The summed E-state index contributed by atoms with van der Waals surface area (Å²) in [4.78, 5) is 53.7. The SMILES string of the molecule is CC(Cc1ccccc1)(NC(=O)CC[C@@H](NC(=O)c1cc(Cl)cc(Cl)c1)C(=O)N1CCC2(CCCC2)CC1)C(=O)O. The van der Waals surface area contributed by atoms with E-state index in [0.29, 0.717) is 18.5 Å². The van der Waals surface area contributed by atoms with Crippen LogP contribution < -0.4 is 10.6 Å². The first kappa shape index (κ1) is 30.8. The predicted octanol–water partition coefficient (Wildman–Crippen LogP) is 5.26. The molecule has 1 aliphatic heterocycles. The third kappa shape index (κ3) is 8.01. The highest BCUT2D eigenvalue weighted by Crippen LogP contribution is 2.46. The van der Waals surface area contributed by atoms with Gasteiger partial charge in [-0.3, -0.25) is 14.4 Å². The first-order chi connectivity index (χ1) is 19.5. The molecule has 0 radical (unpaired) electrons. The molecule has 1 spiro atoms. The van der Waals surface area contributed by atoms with Crippen molar-refractivity contribution in [3.8, 4) is 0 Å². The minimum absolute atomic E-state index is 0.00732. The van der Waals surface area contributed by atoms with Gasteiger partial charge < -0.3 is 20.6 Å². The summed E-state index contributed by atoms with van der Waals surface area (Å²) in [5.74, 6) is -2.47. The lowest BCUT2D eigenvalue weighted by atomic mass is 9.77. The Balaban J connectivity index is 1.45. The largest absolute Gasteiger partial charge is 0.480 e. The van der Waals surface area contributed by atoms with Crippen LogP contribution in [0.5, 0.6) is 0 Å². The molecule has 4 rings (SSSR count). The summed E-state index contributed by atoms with van der Waals surface area (Å²) in [6.07, 6.45) is 6.65. The molecule has 2 aliphatic rings. The number of nitrogens with one attached hydrogen (secondary N) is 2. The van der Waals surface area contributed by atoms with Gasteiger partial charge in [-0.05, 0) is 68.2 Å². The summed E-state index contributed by atoms with van der Waals surface area (Å²) >= 11 is 12.2. The maximum atomic E-state index is 13.7. The van der Waals surface area contributed by atoms with Crippen molar-refractivity contribution in [3.05, 3.63) is 69.7 Å². The average Bonchev–Trinajstić information content (AvgIpc) is 3.38. The molecule has 2 aromatic rings. The number of likely N-dealkylation sites (tertiary alicyclic amines) is 1. The fourth-order valence-electron chi connectivity index (χ4n) is 6.05. The van der Waals surface area contributed by atoms with Crippen molar-refractivity contribution in [2.24, 2.45) is 5.41 Å². The number of carboxylic acids is 1. The van der Waals surface area contributed by atoms with Gasteiger partial charge in [-0.2, -0.15) is 0 Å². The van der Waals surface area contributed by atoms with E-state index in [1.54, 1.807) is 29.2 Å². The molecule has 10 heteroatoms. The molecule has 0 bridgehead atoms. The third-order valence-electron chi connectivity index (χ3n) is 8.48. The molecule has 8 nitrogen and oxygen atoms in total. The number of carbonyl (C=O) groups is 4. The summed E-state index contributed by atoms with van der Waals surface area (Å²) in [5.41, 5.74) is -0.258. The highest BCUT2D eigenvalue weighted by atomic mass is 35.5. The first-order valence-corrected chi connectivity index (χ1v) is 14.9. The molecule has 2 aromatic carbocycles. The Morgan fingerprint density at radius 1 is 0.976 bits per heavy atom. The number of benzene rings is 2. The van der Waals surface area contributed by atoms with E-state index in [1.165, 1.54) is 50.8 Å². The lowest BCUT2D eigenvalue weighted by Gasteiger charge is -2.40. The Labute approximate surface area is 250 Å². The molecule has 1 saturated heterocycles. The Morgan fingerprint density at radius 2 is 1.59 bits per heavy atom. The van der Waals surface area contributed by atoms with Gasteiger partial charge in [0, 0.05) is 41.5 Å². The third-order valence-corrected chi connectivity index (χ3v) is 8.91. The van der Waals surface area contributed by atoms with Crippen LogP contribution in [0.15, 0.2) is 48.5 Å². The number of carbonyl (C=O) groups excluding carboxylic acids is 3. The maximum Gasteiger partial charge on any atom is 0.329 e. The number of hydrogen-bond acceptors (Lipinski definition) is 4. The molecule has 2 fully saturated rings. The van der Waals surface area contributed by atoms with Crippen LogP contribution in [0, 0.1) is 5.41 Å². The predicted molar refractivity (Wildman–Crippen MR) is 158 cm³/mol. The van der Waals surface area contributed by atoms with Gasteiger partial charge in [-0.25, -0.2) is 4.79 Å². The van der Waals surface area contributed by atoms with Crippen LogP contribution in [0.2, 0.25) is 10.0 Å². The zero-order valence-corrected chi connectivity index (χ0v) is 24.8. The summed E-state index contributed by atoms with van der Waals surface area (Å²) in [5, 5.41) is 15.9. The van der Waals surface area contributed by atoms with E-state index >= 15 is 0 Å². The van der Waals surface area contributed by atoms with Gasteiger partial charge >= 0.3 is 5.97 Å². The number of carboxylic acid groups (broad SMARTS) is 1. The topological polar surface area (TPSA) is 116 Å². The van der Waals surface area contributed by atoms with E-state index in [0.717, 1.165) is 18.4 Å². The second-order valence-corrected chi connectivity index (χ2v) is 12.5. The number of piperidine rings is 1. The fraction of sp³-hybridized carbons (Fsp3) is 0.484. The molecule has 3 N–H and O–H groups in total. The molecule has 3 amide bonds. The monoisotopic (exact) mass is 601 g/mol. The molecule has 1 aliphatic carbocycles. The van der Waals surface area contributed by atoms with Crippen molar-refractivity contribution in [1.82, 2.24) is 15.5 Å². The highest BCUT2D eigenvalue weighted by Gasteiger charge is 2.40. The normalized spacial score (nSPS) is 18.4. The van der Waals surface area contributed by atoms with E-state index in [1.807, 2.05) is 6.07 Å². The van der Waals surface area contributed by atoms with Gasteiger partial charge in [0.1, 0.15) is 11.6 Å². The number of amides is 3. The standard InChI is InChI=1S/C31H37Cl2N3O5/c1-30(29(40)41,20-21-7-3-2-4-8-21)35-26(37)10-9-25(34-27(38)22-17-23(32)19-24(33)18-22)28(39)36-15-13-31(14-16-36)11-5-6-12-31/h2-4,7-8,17-19,25H,5-6,9-16,20H2,1H3,(H,34,38)(H,35,37)(H,40,41)/t25-,30?/m1/s1. The van der Waals surface area contributed by atoms with Crippen LogP contribution in [0.1, 0.15) is 74.2 Å². The van der Waals surface area contributed by atoms with Crippen molar-refractivity contribution in [2.45, 2.75) is 76.3 Å². The maximum absolute atomic E-state index is 13.7. The highest BCUT2D eigenvalue weighted by molar-refractivity contribution is 6.35. The Hall–Kier alpha value is -3.10. The molecule has 1 unspecified atom stereocenters. The number of nitrogens with zero attached hydrogens (tertiary/aromatic N) is 1. The lowest BCUT2D eigenvalue weighted by molar-refractivity contribution is -0.147. The quantitative estimate of drug-likeness (QED) is 0.343. The van der Waals surface area contributed by atoms with Crippen molar-refractivity contribution in [1.29, 1.82) is 0 Å². The summed E-state index contributed by atoms with van der Waals surface area (Å²) in [6, 6.07) is 12.5. The zero-order chi connectivity index (χ0) is 29.6. The van der Waals surface area contributed by atoms with Gasteiger partial charge in [-0.15, -0.1) is 0 Å². The molecule has 0 aromatic heterocycles. The molecule has 2 atom stereocenters. The smallest absolute Gasteiger partial charge is 0.329 e. The van der Waals surface area contributed by atoms with E-state index in [2.05, 4.69) is 10.6 Å². The van der Waals surface area contributed by atoms with Crippen LogP contribution in [-0.2, 0) is 20.8 Å².